The number of sulfonamides is 1. The van der Waals surface area contributed by atoms with E-state index in [9.17, 15) is 13.2 Å². The summed E-state index contributed by atoms with van der Waals surface area (Å²) in [7, 11) is -3.52. The fourth-order valence-corrected chi connectivity index (χ4v) is 4.31. The van der Waals surface area contributed by atoms with Crippen molar-refractivity contribution in [3.8, 4) is 0 Å². The molecule has 0 unspecified atom stereocenters. The van der Waals surface area contributed by atoms with Gasteiger partial charge in [-0.3, -0.25) is 4.79 Å². The van der Waals surface area contributed by atoms with Crippen LogP contribution >= 0.6 is 0 Å². The van der Waals surface area contributed by atoms with E-state index in [0.717, 1.165) is 25.7 Å². The highest BCUT2D eigenvalue weighted by atomic mass is 32.2. The number of aryl methyl sites for hydroxylation is 1. The van der Waals surface area contributed by atoms with Crippen LogP contribution in [0, 0.1) is 6.92 Å². The minimum absolute atomic E-state index is 0.0157. The maximum atomic E-state index is 12.3. The van der Waals surface area contributed by atoms with Gasteiger partial charge in [0.15, 0.2) is 0 Å². The average molecular weight is 324 g/mol. The second kappa shape index (κ2) is 7.24. The van der Waals surface area contributed by atoms with Crippen LogP contribution in [0.4, 0.5) is 0 Å². The summed E-state index contributed by atoms with van der Waals surface area (Å²) in [6.07, 6.45) is 4.32. The van der Waals surface area contributed by atoms with E-state index in [1.165, 1.54) is 0 Å². The maximum Gasteiger partial charge on any atom is 0.240 e. The average Bonchev–Trinajstić information content (AvgIpc) is 2.97. The number of hydrogen-bond acceptors (Lipinski definition) is 3. The third-order valence-corrected chi connectivity index (χ3v) is 5.82. The van der Waals surface area contributed by atoms with Crippen molar-refractivity contribution in [3.63, 3.8) is 0 Å². The Bertz CT molecular complexity index is 622. The van der Waals surface area contributed by atoms with E-state index in [4.69, 9.17) is 0 Å². The largest absolute Gasteiger partial charge is 0.339 e. The van der Waals surface area contributed by atoms with Gasteiger partial charge >= 0.3 is 0 Å². The highest BCUT2D eigenvalue weighted by Gasteiger charge is 2.25. The molecule has 0 saturated heterocycles. The number of rotatable bonds is 6. The monoisotopic (exact) mass is 324 g/mol. The molecule has 1 aliphatic rings. The van der Waals surface area contributed by atoms with Crippen molar-refractivity contribution in [2.75, 3.05) is 13.1 Å². The van der Waals surface area contributed by atoms with Gasteiger partial charge in [-0.25, -0.2) is 13.1 Å². The van der Waals surface area contributed by atoms with Gasteiger partial charge in [0.25, 0.3) is 0 Å². The van der Waals surface area contributed by atoms with Crippen LogP contribution in [0.5, 0.6) is 0 Å². The summed E-state index contributed by atoms with van der Waals surface area (Å²) in [4.78, 5) is 13.9. The molecule has 0 aliphatic heterocycles. The summed E-state index contributed by atoms with van der Waals surface area (Å²) in [5.41, 5.74) is 0.717. The number of benzene rings is 1. The molecule has 6 heteroatoms. The summed E-state index contributed by atoms with van der Waals surface area (Å²) in [6.45, 7) is 3.99. The maximum absolute atomic E-state index is 12.3. The summed E-state index contributed by atoms with van der Waals surface area (Å²) >= 11 is 0. The van der Waals surface area contributed by atoms with E-state index in [2.05, 4.69) is 4.72 Å². The Labute approximate surface area is 132 Å². The van der Waals surface area contributed by atoms with E-state index < -0.39 is 10.0 Å². The van der Waals surface area contributed by atoms with Crippen LogP contribution in [-0.2, 0) is 14.8 Å². The smallest absolute Gasteiger partial charge is 0.240 e. The minimum Gasteiger partial charge on any atom is -0.339 e. The van der Waals surface area contributed by atoms with Crippen molar-refractivity contribution in [1.29, 1.82) is 0 Å². The lowest BCUT2D eigenvalue weighted by molar-refractivity contribution is -0.130. The zero-order valence-electron chi connectivity index (χ0n) is 13.2. The Morgan fingerprint density at radius 3 is 2.50 bits per heavy atom. The lowest BCUT2D eigenvalue weighted by atomic mass is 10.2. The zero-order valence-corrected chi connectivity index (χ0v) is 14.0. The Balaban J connectivity index is 1.97. The second-order valence-electron chi connectivity index (χ2n) is 5.81. The number of hydrogen-bond donors (Lipinski definition) is 1. The molecular weight excluding hydrogens is 300 g/mol. The van der Waals surface area contributed by atoms with Gasteiger partial charge in [0.05, 0.1) is 4.90 Å². The predicted molar refractivity (Wildman–Crippen MR) is 86.0 cm³/mol. The second-order valence-corrected chi connectivity index (χ2v) is 7.55. The van der Waals surface area contributed by atoms with Crippen molar-refractivity contribution >= 4 is 15.9 Å². The van der Waals surface area contributed by atoms with Crippen LogP contribution in [0.25, 0.3) is 0 Å². The van der Waals surface area contributed by atoms with Gasteiger partial charge in [0.1, 0.15) is 0 Å². The quantitative estimate of drug-likeness (QED) is 0.871. The van der Waals surface area contributed by atoms with Crippen LogP contribution < -0.4 is 4.72 Å². The molecule has 0 radical (unpaired) electrons. The van der Waals surface area contributed by atoms with E-state index >= 15 is 0 Å². The molecule has 5 nitrogen and oxygen atoms in total. The molecule has 1 aromatic rings. The molecule has 0 bridgehead atoms. The molecule has 1 N–H and O–H groups in total. The molecule has 0 spiro atoms. The van der Waals surface area contributed by atoms with Gasteiger partial charge in [0, 0.05) is 26.1 Å². The first-order chi connectivity index (χ1) is 10.4. The lowest BCUT2D eigenvalue weighted by Crippen LogP contribution is -2.42. The highest BCUT2D eigenvalue weighted by molar-refractivity contribution is 7.89. The normalized spacial score (nSPS) is 15.9. The van der Waals surface area contributed by atoms with Crippen LogP contribution in [-0.4, -0.2) is 38.4 Å². The number of carbonyl (C=O) groups excluding carboxylic acids is 1. The number of nitrogens with one attached hydrogen (secondary N) is 1. The van der Waals surface area contributed by atoms with E-state index in [1.807, 2.05) is 6.07 Å². The molecule has 22 heavy (non-hydrogen) atoms. The molecule has 1 aliphatic carbocycles. The molecule has 122 valence electrons. The Morgan fingerprint density at radius 1 is 1.27 bits per heavy atom. The van der Waals surface area contributed by atoms with E-state index in [-0.39, 0.29) is 18.5 Å². The van der Waals surface area contributed by atoms with Crippen LogP contribution in [0.2, 0.25) is 0 Å². The van der Waals surface area contributed by atoms with Crippen LogP contribution in [0.3, 0.4) is 0 Å². The van der Waals surface area contributed by atoms with Crippen molar-refractivity contribution in [3.05, 3.63) is 29.8 Å². The van der Waals surface area contributed by atoms with Crippen molar-refractivity contribution in [1.82, 2.24) is 9.62 Å². The Hall–Kier alpha value is -1.40. The van der Waals surface area contributed by atoms with Crippen molar-refractivity contribution in [2.45, 2.75) is 50.5 Å². The topological polar surface area (TPSA) is 66.5 Å². The van der Waals surface area contributed by atoms with Gasteiger partial charge in [0.2, 0.25) is 15.9 Å². The molecule has 0 aromatic heterocycles. The summed E-state index contributed by atoms with van der Waals surface area (Å²) < 4.78 is 27.2. The molecule has 0 atom stereocenters. The summed E-state index contributed by atoms with van der Waals surface area (Å²) in [5, 5.41) is 0. The first kappa shape index (κ1) is 17.0. The Morgan fingerprint density at radius 2 is 1.91 bits per heavy atom. The minimum atomic E-state index is -3.52. The lowest BCUT2D eigenvalue weighted by Gasteiger charge is -2.27. The summed E-state index contributed by atoms with van der Waals surface area (Å²) in [5.74, 6) is 0.0157. The van der Waals surface area contributed by atoms with Gasteiger partial charge in [-0.15, -0.1) is 0 Å². The summed E-state index contributed by atoms with van der Waals surface area (Å²) in [6, 6.07) is 7.15. The molecule has 1 aromatic carbocycles. The predicted octanol–water partition coefficient (Wildman–Crippen LogP) is 2.06. The third-order valence-electron chi connectivity index (χ3n) is 4.20. The van der Waals surface area contributed by atoms with Gasteiger partial charge in [-0.2, -0.15) is 0 Å². The van der Waals surface area contributed by atoms with E-state index in [0.29, 0.717) is 17.0 Å². The van der Waals surface area contributed by atoms with E-state index in [1.54, 1.807) is 36.9 Å². The number of carbonyl (C=O) groups is 1. The zero-order chi connectivity index (χ0) is 16.2. The van der Waals surface area contributed by atoms with Gasteiger partial charge in [-0.05, 0) is 31.4 Å². The molecule has 1 saturated carbocycles. The first-order valence-electron chi connectivity index (χ1n) is 7.74. The molecule has 2 rings (SSSR count). The molecule has 1 fully saturated rings. The fourth-order valence-electron chi connectivity index (χ4n) is 3.05. The molecular formula is C16H24N2O3S. The number of nitrogens with zero attached hydrogens (tertiary/aromatic N) is 1. The molecule has 0 heterocycles. The van der Waals surface area contributed by atoms with Crippen LogP contribution in [0.15, 0.2) is 29.2 Å². The van der Waals surface area contributed by atoms with Crippen molar-refractivity contribution in [2.24, 2.45) is 0 Å². The Kier molecular flexibility index (Phi) is 5.58. The van der Waals surface area contributed by atoms with Crippen LogP contribution in [0.1, 0.15) is 38.2 Å². The van der Waals surface area contributed by atoms with Gasteiger partial charge in [-0.1, -0.05) is 31.0 Å². The standard InChI is InChI=1S/C16H24N2O3S/c1-13-7-3-6-10-16(13)22(20,21)17-11-12-18(14(2)19)15-8-4-5-9-15/h3,6-7,10,15,17H,4-5,8-9,11-12H2,1-2H3. The van der Waals surface area contributed by atoms with Crippen molar-refractivity contribution < 1.29 is 13.2 Å². The first-order valence-corrected chi connectivity index (χ1v) is 9.22. The fraction of sp³-hybridized carbons (Fsp3) is 0.562. The SMILES string of the molecule is CC(=O)N(CCNS(=O)(=O)c1ccccc1C)C1CCCC1. The van der Waals surface area contributed by atoms with Gasteiger partial charge < -0.3 is 4.90 Å². The molecule has 1 amide bonds. The highest BCUT2D eigenvalue weighted by Crippen LogP contribution is 2.23. The number of amides is 1. The third kappa shape index (κ3) is 4.08.